The van der Waals surface area contributed by atoms with Gasteiger partial charge in [-0.05, 0) is 11.8 Å². The van der Waals surface area contributed by atoms with Crippen LogP contribution in [0, 0.1) is 10.1 Å². The standard InChI is InChI=1S/C9H10N4O2S/c1-16-9-10-8(11-12-9)6-3-2-4-7(5-6)13(14)15/h2-5,8,11H,1H3,(H,10,12). The van der Waals surface area contributed by atoms with Crippen molar-refractivity contribution in [3.63, 3.8) is 0 Å². The van der Waals surface area contributed by atoms with E-state index in [4.69, 9.17) is 0 Å². The number of nitro groups is 1. The third-order valence-electron chi connectivity index (χ3n) is 2.15. The Hall–Kier alpha value is -1.60. The fraction of sp³-hybridized carbons (Fsp3) is 0.222. The van der Waals surface area contributed by atoms with E-state index in [9.17, 15) is 10.1 Å². The summed E-state index contributed by atoms with van der Waals surface area (Å²) in [6, 6.07) is 6.44. The molecule has 2 N–H and O–H groups in total. The second kappa shape index (κ2) is 4.50. The molecule has 0 radical (unpaired) electrons. The monoisotopic (exact) mass is 238 g/mol. The first kappa shape index (κ1) is 10.9. The molecular weight excluding hydrogens is 228 g/mol. The van der Waals surface area contributed by atoms with Crippen molar-refractivity contribution in [3.05, 3.63) is 39.9 Å². The van der Waals surface area contributed by atoms with Crippen LogP contribution >= 0.6 is 11.8 Å². The van der Waals surface area contributed by atoms with E-state index in [1.807, 2.05) is 6.26 Å². The Morgan fingerprint density at radius 3 is 3.00 bits per heavy atom. The van der Waals surface area contributed by atoms with Crippen LogP contribution in [-0.2, 0) is 0 Å². The van der Waals surface area contributed by atoms with Gasteiger partial charge in [-0.25, -0.2) is 10.4 Å². The first-order chi connectivity index (χ1) is 7.70. The Kier molecular flexibility index (Phi) is 3.07. The fourth-order valence-corrected chi connectivity index (χ4v) is 1.75. The Balaban J connectivity index is 2.25. The van der Waals surface area contributed by atoms with Crippen LogP contribution in [0.4, 0.5) is 5.69 Å². The smallest absolute Gasteiger partial charge is 0.269 e. The number of hydrogen-bond acceptors (Lipinski definition) is 6. The lowest BCUT2D eigenvalue weighted by molar-refractivity contribution is -0.384. The molecule has 0 bridgehead atoms. The van der Waals surface area contributed by atoms with Gasteiger partial charge in [-0.2, -0.15) is 0 Å². The Morgan fingerprint density at radius 1 is 1.56 bits per heavy atom. The lowest BCUT2D eigenvalue weighted by Crippen LogP contribution is -2.29. The molecule has 1 aromatic rings. The minimum absolute atomic E-state index is 0.0760. The number of nitro benzene ring substituents is 1. The van der Waals surface area contributed by atoms with Crippen LogP contribution in [0.2, 0.25) is 0 Å². The number of aliphatic imine (C=N–C) groups is 1. The van der Waals surface area contributed by atoms with Gasteiger partial charge in [0.15, 0.2) is 5.17 Å². The predicted molar refractivity (Wildman–Crippen MR) is 63.1 cm³/mol. The number of nitrogens with one attached hydrogen (secondary N) is 2. The summed E-state index contributed by atoms with van der Waals surface area (Å²) in [5.41, 5.74) is 6.68. The first-order valence-corrected chi connectivity index (χ1v) is 5.81. The van der Waals surface area contributed by atoms with Gasteiger partial charge in [-0.15, -0.1) is 0 Å². The maximum atomic E-state index is 10.6. The Labute approximate surface area is 96.3 Å². The van der Waals surface area contributed by atoms with E-state index in [0.717, 1.165) is 10.7 Å². The molecule has 1 aromatic carbocycles. The minimum atomic E-state index is -0.412. The van der Waals surface area contributed by atoms with E-state index in [2.05, 4.69) is 15.8 Å². The predicted octanol–water partition coefficient (Wildman–Crippen LogP) is 1.42. The topological polar surface area (TPSA) is 79.6 Å². The summed E-state index contributed by atoms with van der Waals surface area (Å²) >= 11 is 1.48. The summed E-state index contributed by atoms with van der Waals surface area (Å²) in [6.45, 7) is 0. The second-order valence-corrected chi connectivity index (χ2v) is 3.96. The summed E-state index contributed by atoms with van der Waals surface area (Å²) in [7, 11) is 0. The van der Waals surface area contributed by atoms with Crippen LogP contribution in [0.5, 0.6) is 0 Å². The summed E-state index contributed by atoms with van der Waals surface area (Å²) in [5.74, 6) is 0. The zero-order chi connectivity index (χ0) is 11.5. The molecule has 2 rings (SSSR count). The van der Waals surface area contributed by atoms with Crippen molar-refractivity contribution in [2.24, 2.45) is 4.99 Å². The van der Waals surface area contributed by atoms with E-state index in [-0.39, 0.29) is 11.9 Å². The van der Waals surface area contributed by atoms with Crippen LogP contribution in [0.1, 0.15) is 11.7 Å². The summed E-state index contributed by atoms with van der Waals surface area (Å²) in [4.78, 5) is 14.5. The van der Waals surface area contributed by atoms with E-state index in [0.29, 0.717) is 0 Å². The van der Waals surface area contributed by atoms with Gasteiger partial charge in [0.1, 0.15) is 6.17 Å². The van der Waals surface area contributed by atoms with Crippen LogP contribution in [0.15, 0.2) is 29.3 Å². The van der Waals surface area contributed by atoms with Crippen LogP contribution in [0.3, 0.4) is 0 Å². The van der Waals surface area contributed by atoms with Gasteiger partial charge in [0.05, 0.1) is 4.92 Å². The zero-order valence-corrected chi connectivity index (χ0v) is 9.32. The highest BCUT2D eigenvalue weighted by Crippen LogP contribution is 2.22. The molecule has 0 spiro atoms. The zero-order valence-electron chi connectivity index (χ0n) is 8.51. The number of thioether (sulfide) groups is 1. The highest BCUT2D eigenvalue weighted by atomic mass is 32.2. The average molecular weight is 238 g/mol. The Morgan fingerprint density at radius 2 is 2.38 bits per heavy atom. The van der Waals surface area contributed by atoms with Gasteiger partial charge >= 0.3 is 0 Å². The van der Waals surface area contributed by atoms with Crippen molar-refractivity contribution >= 4 is 22.6 Å². The van der Waals surface area contributed by atoms with Crippen LogP contribution < -0.4 is 10.9 Å². The van der Waals surface area contributed by atoms with Gasteiger partial charge < -0.3 is 0 Å². The average Bonchev–Trinajstić information content (AvgIpc) is 2.77. The Bertz CT molecular complexity index is 449. The number of rotatable bonds is 2. The third-order valence-corrected chi connectivity index (χ3v) is 2.75. The number of hydrazine groups is 1. The lowest BCUT2D eigenvalue weighted by atomic mass is 10.1. The van der Waals surface area contributed by atoms with Gasteiger partial charge in [-0.3, -0.25) is 15.5 Å². The number of non-ortho nitro benzene ring substituents is 1. The highest BCUT2D eigenvalue weighted by Gasteiger charge is 2.19. The van der Waals surface area contributed by atoms with Crippen molar-refractivity contribution < 1.29 is 4.92 Å². The molecule has 16 heavy (non-hydrogen) atoms. The maximum Gasteiger partial charge on any atom is 0.269 e. The van der Waals surface area contributed by atoms with E-state index >= 15 is 0 Å². The normalized spacial score (nSPS) is 19.1. The fourth-order valence-electron chi connectivity index (χ4n) is 1.38. The summed E-state index contributed by atoms with van der Waals surface area (Å²) in [5, 5.41) is 11.4. The second-order valence-electron chi connectivity index (χ2n) is 3.16. The summed E-state index contributed by atoms with van der Waals surface area (Å²) < 4.78 is 0. The van der Waals surface area contributed by atoms with Gasteiger partial charge in [-0.1, -0.05) is 23.9 Å². The van der Waals surface area contributed by atoms with Gasteiger partial charge in [0.2, 0.25) is 0 Å². The molecule has 84 valence electrons. The molecule has 7 heteroatoms. The quantitative estimate of drug-likeness (QED) is 0.601. The van der Waals surface area contributed by atoms with Crippen molar-refractivity contribution in [3.8, 4) is 0 Å². The summed E-state index contributed by atoms with van der Waals surface area (Å²) in [6.07, 6.45) is 1.64. The van der Waals surface area contributed by atoms with Gasteiger partial charge in [0, 0.05) is 12.1 Å². The number of hydrogen-bond donors (Lipinski definition) is 2. The lowest BCUT2D eigenvalue weighted by Gasteiger charge is -2.06. The molecule has 1 unspecified atom stereocenters. The third kappa shape index (κ3) is 2.15. The van der Waals surface area contributed by atoms with Crippen molar-refractivity contribution in [1.29, 1.82) is 0 Å². The highest BCUT2D eigenvalue weighted by molar-refractivity contribution is 8.13. The van der Waals surface area contributed by atoms with Crippen molar-refractivity contribution in [2.45, 2.75) is 6.17 Å². The molecular formula is C9H10N4O2S. The SMILES string of the molecule is CSC1=NC(c2cccc([N+](=O)[O-])c2)NN1. The molecule has 0 amide bonds. The molecule has 0 aromatic heterocycles. The van der Waals surface area contributed by atoms with E-state index in [1.165, 1.54) is 23.9 Å². The number of nitrogens with zero attached hydrogens (tertiary/aromatic N) is 2. The molecule has 0 fully saturated rings. The first-order valence-electron chi connectivity index (χ1n) is 4.58. The maximum absolute atomic E-state index is 10.6. The van der Waals surface area contributed by atoms with Crippen LogP contribution in [-0.4, -0.2) is 16.3 Å². The molecule has 1 heterocycles. The van der Waals surface area contributed by atoms with Gasteiger partial charge in [0.25, 0.3) is 5.69 Å². The molecule has 1 atom stereocenters. The minimum Gasteiger partial charge on any atom is -0.298 e. The number of amidine groups is 1. The van der Waals surface area contributed by atoms with E-state index < -0.39 is 4.92 Å². The van der Waals surface area contributed by atoms with Crippen molar-refractivity contribution in [1.82, 2.24) is 10.9 Å². The molecule has 0 saturated carbocycles. The largest absolute Gasteiger partial charge is 0.298 e. The van der Waals surface area contributed by atoms with E-state index in [1.54, 1.807) is 12.1 Å². The molecule has 1 aliphatic heterocycles. The van der Waals surface area contributed by atoms with Crippen molar-refractivity contribution in [2.75, 3.05) is 6.26 Å². The molecule has 0 aliphatic carbocycles. The van der Waals surface area contributed by atoms with Crippen LogP contribution in [0.25, 0.3) is 0 Å². The number of benzene rings is 1. The molecule has 0 saturated heterocycles. The molecule has 1 aliphatic rings. The molecule has 6 nitrogen and oxygen atoms in total.